The van der Waals surface area contributed by atoms with Gasteiger partial charge >= 0.3 is 0 Å². The molecule has 5 nitrogen and oxygen atoms in total. The maximum atomic E-state index is 12.4. The molecular weight excluding hydrogens is 346 g/mol. The molecule has 6 heteroatoms. The van der Waals surface area contributed by atoms with Gasteiger partial charge in [-0.2, -0.15) is 5.10 Å². The lowest BCUT2D eigenvalue weighted by atomic mass is 10.3. The minimum atomic E-state index is -0.221. The number of carbonyl (C=O) groups excluding carboxylic acids is 1. The molecule has 1 N–H and O–H groups in total. The second-order valence-corrected chi connectivity index (χ2v) is 6.77. The summed E-state index contributed by atoms with van der Waals surface area (Å²) in [6, 6.07) is 19.9. The number of ether oxygens (including phenoxy) is 1. The molecule has 2 aromatic carbocycles. The fourth-order valence-corrected chi connectivity index (χ4v) is 3.32. The number of nitrogens with zero attached hydrogens (tertiary/aromatic N) is 2. The Morgan fingerprint density at radius 3 is 2.50 bits per heavy atom. The quantitative estimate of drug-likeness (QED) is 0.486. The van der Waals surface area contributed by atoms with Crippen LogP contribution in [0, 0.1) is 0 Å². The van der Waals surface area contributed by atoms with E-state index in [1.165, 1.54) is 4.90 Å². The summed E-state index contributed by atoms with van der Waals surface area (Å²) < 4.78 is 6.96. The number of methoxy groups -OCH3 is 1. The van der Waals surface area contributed by atoms with Crippen LogP contribution in [0.15, 0.2) is 71.8 Å². The largest absolute Gasteiger partial charge is 0.493 e. The molecule has 0 saturated carbocycles. The highest BCUT2D eigenvalue weighted by molar-refractivity contribution is 7.99. The molecule has 1 aromatic heterocycles. The molecule has 26 heavy (non-hydrogen) atoms. The Labute approximate surface area is 157 Å². The van der Waals surface area contributed by atoms with Crippen LogP contribution in [-0.4, -0.2) is 35.1 Å². The number of hydrogen-bond donors (Lipinski definition) is 1. The highest BCUT2D eigenvalue weighted by atomic mass is 32.2. The SMILES string of the molecule is COc1cn(-c2ccccc2)nc1C(=O)NCCCSc1ccccc1. The number of para-hydroxylation sites is 1. The van der Waals surface area contributed by atoms with Gasteiger partial charge in [-0.25, -0.2) is 4.68 Å². The van der Waals surface area contributed by atoms with Crippen molar-refractivity contribution in [2.24, 2.45) is 0 Å². The molecule has 0 aliphatic rings. The molecule has 0 spiro atoms. The molecule has 134 valence electrons. The number of thioether (sulfide) groups is 1. The lowest BCUT2D eigenvalue weighted by Crippen LogP contribution is -2.25. The van der Waals surface area contributed by atoms with Gasteiger partial charge < -0.3 is 10.1 Å². The molecule has 1 amide bonds. The minimum Gasteiger partial charge on any atom is -0.493 e. The van der Waals surface area contributed by atoms with Crippen molar-refractivity contribution in [2.45, 2.75) is 11.3 Å². The molecule has 0 atom stereocenters. The number of nitrogens with one attached hydrogen (secondary N) is 1. The summed E-state index contributed by atoms with van der Waals surface area (Å²) in [7, 11) is 1.54. The first kappa shape index (κ1) is 18.1. The number of aromatic nitrogens is 2. The van der Waals surface area contributed by atoms with Gasteiger partial charge in [0, 0.05) is 11.4 Å². The first-order chi connectivity index (χ1) is 12.8. The number of amides is 1. The summed E-state index contributed by atoms with van der Waals surface area (Å²) in [4.78, 5) is 13.7. The van der Waals surface area contributed by atoms with Crippen molar-refractivity contribution in [2.75, 3.05) is 19.4 Å². The van der Waals surface area contributed by atoms with Crippen molar-refractivity contribution in [3.63, 3.8) is 0 Å². The van der Waals surface area contributed by atoms with Crippen LogP contribution in [0.25, 0.3) is 5.69 Å². The molecule has 0 saturated heterocycles. The predicted molar refractivity (Wildman–Crippen MR) is 104 cm³/mol. The van der Waals surface area contributed by atoms with E-state index < -0.39 is 0 Å². The van der Waals surface area contributed by atoms with Crippen LogP contribution in [0.4, 0.5) is 0 Å². The van der Waals surface area contributed by atoms with Gasteiger partial charge in [0.25, 0.3) is 5.91 Å². The Morgan fingerprint density at radius 2 is 1.81 bits per heavy atom. The smallest absolute Gasteiger partial charge is 0.275 e. The number of benzene rings is 2. The standard InChI is InChI=1S/C20H21N3O2S/c1-25-18-15-23(16-9-4-2-5-10-16)22-19(18)20(24)21-13-8-14-26-17-11-6-3-7-12-17/h2-7,9-12,15H,8,13-14H2,1H3,(H,21,24). The van der Waals surface area contributed by atoms with Crippen molar-refractivity contribution < 1.29 is 9.53 Å². The molecule has 0 fully saturated rings. The number of carbonyl (C=O) groups is 1. The molecule has 0 radical (unpaired) electrons. The number of hydrogen-bond acceptors (Lipinski definition) is 4. The van der Waals surface area contributed by atoms with Crippen LogP contribution in [0.2, 0.25) is 0 Å². The summed E-state index contributed by atoms with van der Waals surface area (Å²) in [5, 5.41) is 7.29. The Balaban J connectivity index is 1.53. The van der Waals surface area contributed by atoms with Crippen molar-refractivity contribution in [1.82, 2.24) is 15.1 Å². The third kappa shape index (κ3) is 4.67. The van der Waals surface area contributed by atoms with E-state index in [-0.39, 0.29) is 5.91 Å². The fourth-order valence-electron chi connectivity index (χ4n) is 2.44. The second-order valence-electron chi connectivity index (χ2n) is 5.60. The van der Waals surface area contributed by atoms with E-state index in [0.29, 0.717) is 18.0 Å². The van der Waals surface area contributed by atoms with Crippen molar-refractivity contribution >= 4 is 17.7 Å². The van der Waals surface area contributed by atoms with Crippen LogP contribution in [0.3, 0.4) is 0 Å². The third-order valence-electron chi connectivity index (χ3n) is 3.75. The van der Waals surface area contributed by atoms with E-state index in [0.717, 1.165) is 17.9 Å². The average Bonchev–Trinajstić information content (AvgIpc) is 3.14. The Hall–Kier alpha value is -2.73. The first-order valence-corrected chi connectivity index (χ1v) is 9.41. The topological polar surface area (TPSA) is 56.2 Å². The molecule has 3 rings (SSSR count). The highest BCUT2D eigenvalue weighted by Gasteiger charge is 2.17. The fraction of sp³-hybridized carbons (Fsp3) is 0.200. The lowest BCUT2D eigenvalue weighted by Gasteiger charge is -2.05. The monoisotopic (exact) mass is 367 g/mol. The molecule has 0 bridgehead atoms. The van der Waals surface area contributed by atoms with Gasteiger partial charge in [-0.3, -0.25) is 4.79 Å². The van der Waals surface area contributed by atoms with E-state index >= 15 is 0 Å². The summed E-state index contributed by atoms with van der Waals surface area (Å²) in [5.74, 6) is 1.19. The van der Waals surface area contributed by atoms with Gasteiger partial charge in [0.2, 0.25) is 0 Å². The summed E-state index contributed by atoms with van der Waals surface area (Å²) in [6.07, 6.45) is 2.60. The van der Waals surface area contributed by atoms with Crippen LogP contribution in [-0.2, 0) is 0 Å². The van der Waals surface area contributed by atoms with E-state index in [1.807, 2.05) is 48.5 Å². The summed E-state index contributed by atoms with van der Waals surface area (Å²) >= 11 is 1.78. The maximum absolute atomic E-state index is 12.4. The van der Waals surface area contributed by atoms with Crippen LogP contribution < -0.4 is 10.1 Å². The summed E-state index contributed by atoms with van der Waals surface area (Å²) in [5.41, 5.74) is 1.18. The lowest BCUT2D eigenvalue weighted by molar-refractivity contribution is 0.0945. The van der Waals surface area contributed by atoms with Crippen molar-refractivity contribution in [3.8, 4) is 11.4 Å². The zero-order valence-corrected chi connectivity index (χ0v) is 15.4. The molecule has 3 aromatic rings. The third-order valence-corrected chi connectivity index (χ3v) is 4.85. The van der Waals surface area contributed by atoms with Crippen molar-refractivity contribution in [3.05, 3.63) is 72.6 Å². The van der Waals surface area contributed by atoms with Gasteiger partial charge in [-0.05, 0) is 36.4 Å². The highest BCUT2D eigenvalue weighted by Crippen LogP contribution is 2.20. The second kappa shape index (κ2) is 9.10. The van der Waals surface area contributed by atoms with Gasteiger partial charge in [0.05, 0.1) is 19.0 Å². The van der Waals surface area contributed by atoms with Crippen LogP contribution in [0.5, 0.6) is 5.75 Å². The molecule has 0 aliphatic heterocycles. The van der Waals surface area contributed by atoms with Crippen LogP contribution >= 0.6 is 11.8 Å². The Kier molecular flexibility index (Phi) is 6.33. The van der Waals surface area contributed by atoms with Gasteiger partial charge in [-0.15, -0.1) is 11.8 Å². The van der Waals surface area contributed by atoms with Gasteiger partial charge in [-0.1, -0.05) is 36.4 Å². The zero-order valence-electron chi connectivity index (χ0n) is 14.6. The number of rotatable bonds is 8. The average molecular weight is 367 g/mol. The van der Waals surface area contributed by atoms with Gasteiger partial charge in [0.1, 0.15) is 0 Å². The summed E-state index contributed by atoms with van der Waals surface area (Å²) in [6.45, 7) is 0.597. The maximum Gasteiger partial charge on any atom is 0.275 e. The van der Waals surface area contributed by atoms with Crippen LogP contribution in [0.1, 0.15) is 16.9 Å². The van der Waals surface area contributed by atoms with E-state index in [9.17, 15) is 4.79 Å². The normalized spacial score (nSPS) is 10.5. The minimum absolute atomic E-state index is 0.221. The molecular formula is C20H21N3O2S. The Bertz CT molecular complexity index is 835. The zero-order chi connectivity index (χ0) is 18.2. The van der Waals surface area contributed by atoms with Gasteiger partial charge in [0.15, 0.2) is 11.4 Å². The predicted octanol–water partition coefficient (Wildman–Crippen LogP) is 3.79. The first-order valence-electron chi connectivity index (χ1n) is 8.43. The van der Waals surface area contributed by atoms with E-state index in [2.05, 4.69) is 22.5 Å². The molecule has 0 unspecified atom stereocenters. The molecule has 1 heterocycles. The van der Waals surface area contributed by atoms with E-state index in [4.69, 9.17) is 4.74 Å². The van der Waals surface area contributed by atoms with E-state index in [1.54, 1.807) is 29.8 Å². The molecule has 0 aliphatic carbocycles. The Morgan fingerprint density at radius 1 is 1.12 bits per heavy atom. The van der Waals surface area contributed by atoms with Crippen molar-refractivity contribution in [1.29, 1.82) is 0 Å².